The molecule has 0 aliphatic carbocycles. The molecule has 0 saturated heterocycles. The van der Waals surface area contributed by atoms with Gasteiger partial charge in [-0.1, -0.05) is 43.7 Å². The highest BCUT2D eigenvalue weighted by molar-refractivity contribution is 7.15. The molecule has 7 nitrogen and oxygen atoms in total. The van der Waals surface area contributed by atoms with Crippen LogP contribution in [0.1, 0.15) is 46.4 Å². The molecule has 1 aliphatic rings. The number of hydrogen-bond donors (Lipinski definition) is 1. The zero-order valence-corrected chi connectivity index (χ0v) is 17.8. The molecule has 8 heteroatoms. The van der Waals surface area contributed by atoms with Crippen LogP contribution < -0.4 is 10.9 Å². The van der Waals surface area contributed by atoms with E-state index in [2.05, 4.69) is 44.6 Å². The fraction of sp³-hybridized carbons (Fsp3) is 0.364. The average Bonchev–Trinajstić information content (AvgIpc) is 3.15. The van der Waals surface area contributed by atoms with Gasteiger partial charge in [0.2, 0.25) is 0 Å². The molecule has 0 fully saturated rings. The molecule has 0 atom stereocenters. The van der Waals surface area contributed by atoms with Gasteiger partial charge in [-0.25, -0.2) is 9.67 Å². The highest BCUT2D eigenvalue weighted by Crippen LogP contribution is 2.29. The van der Waals surface area contributed by atoms with Gasteiger partial charge in [-0.3, -0.25) is 19.8 Å². The molecule has 4 rings (SSSR count). The number of nitrogens with one attached hydrogen (secondary N) is 1. The molecule has 3 heterocycles. The van der Waals surface area contributed by atoms with Gasteiger partial charge in [0.1, 0.15) is 5.69 Å². The minimum atomic E-state index is -0.340. The van der Waals surface area contributed by atoms with Gasteiger partial charge < -0.3 is 0 Å². The summed E-state index contributed by atoms with van der Waals surface area (Å²) in [5.41, 5.74) is 2.39. The number of nitrogens with zero attached hydrogens (tertiary/aromatic N) is 4. The molecule has 30 heavy (non-hydrogen) atoms. The Kier molecular flexibility index (Phi) is 6.35. The number of aryl methyl sites for hydroxylation is 1. The molecule has 0 radical (unpaired) electrons. The molecule has 1 aromatic carbocycles. The topological polar surface area (TPSA) is 80.1 Å². The fourth-order valence-corrected chi connectivity index (χ4v) is 4.52. The molecule has 1 N–H and O–H groups in total. The van der Waals surface area contributed by atoms with Crippen LogP contribution in [0.3, 0.4) is 0 Å². The lowest BCUT2D eigenvalue weighted by Gasteiger charge is -2.25. The van der Waals surface area contributed by atoms with Crippen molar-refractivity contribution < 1.29 is 4.79 Å². The Balaban J connectivity index is 1.42. The van der Waals surface area contributed by atoms with Crippen molar-refractivity contribution in [3.63, 3.8) is 0 Å². The Labute approximate surface area is 179 Å². The maximum atomic E-state index is 12.6. The van der Waals surface area contributed by atoms with Crippen molar-refractivity contribution in [2.45, 2.75) is 45.8 Å². The van der Waals surface area contributed by atoms with Gasteiger partial charge in [0.25, 0.3) is 11.5 Å². The van der Waals surface area contributed by atoms with Crippen molar-refractivity contribution in [2.24, 2.45) is 0 Å². The lowest BCUT2D eigenvalue weighted by molar-refractivity contribution is 0.101. The predicted octanol–water partition coefficient (Wildman–Crippen LogP) is 3.31. The van der Waals surface area contributed by atoms with E-state index < -0.39 is 0 Å². The van der Waals surface area contributed by atoms with Crippen molar-refractivity contribution >= 4 is 22.4 Å². The van der Waals surface area contributed by atoms with Crippen molar-refractivity contribution in [1.29, 1.82) is 0 Å². The Morgan fingerprint density at radius 1 is 1.20 bits per heavy atom. The van der Waals surface area contributed by atoms with Gasteiger partial charge in [0.05, 0.1) is 5.69 Å². The van der Waals surface area contributed by atoms with Gasteiger partial charge >= 0.3 is 0 Å². The van der Waals surface area contributed by atoms with Crippen LogP contribution in [0.5, 0.6) is 0 Å². The summed E-state index contributed by atoms with van der Waals surface area (Å²) in [6.07, 6.45) is 2.67. The highest BCUT2D eigenvalue weighted by Gasteiger charge is 2.22. The fourth-order valence-electron chi connectivity index (χ4n) is 3.48. The smallest absolute Gasteiger partial charge is 0.277 e. The lowest BCUT2D eigenvalue weighted by Crippen LogP contribution is -2.29. The Bertz CT molecular complexity index is 1080. The average molecular weight is 424 g/mol. The normalized spacial score (nSPS) is 13.8. The maximum Gasteiger partial charge on any atom is 0.277 e. The summed E-state index contributed by atoms with van der Waals surface area (Å²) in [6.45, 7) is 5.25. The third-order valence-corrected chi connectivity index (χ3v) is 6.10. The van der Waals surface area contributed by atoms with Crippen LogP contribution in [-0.2, 0) is 26.1 Å². The Morgan fingerprint density at radius 2 is 2.03 bits per heavy atom. The number of aromatic nitrogens is 3. The summed E-state index contributed by atoms with van der Waals surface area (Å²) >= 11 is 1.51. The molecule has 0 saturated carbocycles. The molecule has 0 unspecified atom stereocenters. The van der Waals surface area contributed by atoms with Gasteiger partial charge in [0.15, 0.2) is 5.13 Å². The Hall–Kier alpha value is -2.84. The molecule has 1 aliphatic heterocycles. The number of anilines is 1. The van der Waals surface area contributed by atoms with Gasteiger partial charge in [0, 0.05) is 43.5 Å². The summed E-state index contributed by atoms with van der Waals surface area (Å²) in [6, 6.07) is 13.3. The predicted molar refractivity (Wildman–Crippen MR) is 118 cm³/mol. The van der Waals surface area contributed by atoms with Crippen LogP contribution in [0.4, 0.5) is 5.13 Å². The van der Waals surface area contributed by atoms with E-state index in [0.29, 0.717) is 11.7 Å². The molecule has 0 bridgehead atoms. The van der Waals surface area contributed by atoms with Crippen molar-refractivity contribution in [2.75, 3.05) is 11.9 Å². The first-order valence-corrected chi connectivity index (χ1v) is 11.1. The van der Waals surface area contributed by atoms with E-state index in [1.54, 1.807) is 0 Å². The van der Waals surface area contributed by atoms with E-state index in [4.69, 9.17) is 0 Å². The second-order valence-corrected chi connectivity index (χ2v) is 8.51. The number of benzene rings is 1. The number of rotatable bonds is 7. The van der Waals surface area contributed by atoms with E-state index in [-0.39, 0.29) is 17.2 Å². The molecule has 2 aromatic heterocycles. The molecular weight excluding hydrogens is 398 g/mol. The first-order valence-electron chi connectivity index (χ1n) is 10.3. The van der Waals surface area contributed by atoms with Crippen molar-refractivity contribution in [3.05, 3.63) is 74.6 Å². The summed E-state index contributed by atoms with van der Waals surface area (Å²) in [5, 5.41) is 7.65. The quantitative estimate of drug-likeness (QED) is 0.631. The number of hydrogen-bond acceptors (Lipinski definition) is 6. The third-order valence-electron chi connectivity index (χ3n) is 5.10. The maximum absolute atomic E-state index is 12.6. The number of amides is 1. The van der Waals surface area contributed by atoms with Gasteiger partial charge in [-0.15, -0.1) is 11.3 Å². The van der Waals surface area contributed by atoms with Crippen LogP contribution in [-0.4, -0.2) is 32.1 Å². The SMILES string of the molecule is CCCCn1nc(C(=O)Nc2nc3c(s2)CN(Cc2ccccc2)CC3)ccc1=O. The standard InChI is InChI=1S/C22H25N5O2S/c1-2-3-12-27-20(28)10-9-18(25-27)21(29)24-22-23-17-11-13-26(15-19(17)30-22)14-16-7-5-4-6-8-16/h4-10H,2-3,11-15H2,1H3,(H,23,24,29). The summed E-state index contributed by atoms with van der Waals surface area (Å²) in [5.74, 6) is -0.340. The number of carbonyl (C=O) groups is 1. The molecule has 1 amide bonds. The van der Waals surface area contributed by atoms with Crippen molar-refractivity contribution in [1.82, 2.24) is 19.7 Å². The van der Waals surface area contributed by atoms with E-state index in [1.807, 2.05) is 13.0 Å². The third kappa shape index (κ3) is 4.83. The molecule has 3 aromatic rings. The number of unbranched alkanes of at least 4 members (excludes halogenated alkanes) is 1. The number of carbonyl (C=O) groups excluding carboxylic acids is 1. The summed E-state index contributed by atoms with van der Waals surface area (Å²) < 4.78 is 1.35. The zero-order chi connectivity index (χ0) is 20.9. The van der Waals surface area contributed by atoms with Gasteiger partial charge in [-0.05, 0) is 18.1 Å². The number of thiazole rings is 1. The van der Waals surface area contributed by atoms with Crippen LogP contribution in [0.25, 0.3) is 0 Å². The lowest BCUT2D eigenvalue weighted by atomic mass is 10.1. The second kappa shape index (κ2) is 9.32. The van der Waals surface area contributed by atoms with Crippen LogP contribution in [0, 0.1) is 0 Å². The van der Waals surface area contributed by atoms with E-state index in [9.17, 15) is 9.59 Å². The van der Waals surface area contributed by atoms with Crippen molar-refractivity contribution in [3.8, 4) is 0 Å². The van der Waals surface area contributed by atoms with Crippen LogP contribution in [0.2, 0.25) is 0 Å². The number of fused-ring (bicyclic) bond motifs is 1. The molecule has 0 spiro atoms. The molecule has 156 valence electrons. The largest absolute Gasteiger partial charge is 0.296 e. The minimum Gasteiger partial charge on any atom is -0.296 e. The van der Waals surface area contributed by atoms with E-state index in [0.717, 1.165) is 44.6 Å². The highest BCUT2D eigenvalue weighted by atomic mass is 32.1. The second-order valence-electron chi connectivity index (χ2n) is 7.42. The summed E-state index contributed by atoms with van der Waals surface area (Å²) in [4.78, 5) is 32.7. The zero-order valence-electron chi connectivity index (χ0n) is 17.0. The monoisotopic (exact) mass is 423 g/mol. The van der Waals surface area contributed by atoms with E-state index in [1.165, 1.54) is 38.6 Å². The van der Waals surface area contributed by atoms with E-state index >= 15 is 0 Å². The minimum absolute atomic E-state index is 0.191. The van der Waals surface area contributed by atoms with Crippen LogP contribution in [0.15, 0.2) is 47.3 Å². The Morgan fingerprint density at radius 3 is 2.83 bits per heavy atom. The first kappa shape index (κ1) is 20.4. The molecular formula is C22H25N5O2S. The van der Waals surface area contributed by atoms with Gasteiger partial charge in [-0.2, -0.15) is 5.10 Å². The first-order chi connectivity index (χ1) is 14.6. The summed E-state index contributed by atoms with van der Waals surface area (Å²) in [7, 11) is 0. The van der Waals surface area contributed by atoms with Crippen LogP contribution >= 0.6 is 11.3 Å².